The van der Waals surface area contributed by atoms with Gasteiger partial charge in [-0.2, -0.15) is 0 Å². The van der Waals surface area contributed by atoms with Crippen LogP contribution in [0, 0.1) is 5.92 Å². The second kappa shape index (κ2) is 10.3. The van der Waals surface area contributed by atoms with Crippen LogP contribution in [0.1, 0.15) is 49.1 Å². The number of amides is 3. The number of furan rings is 1. The van der Waals surface area contributed by atoms with Crippen molar-refractivity contribution in [3.8, 4) is 0 Å². The molecule has 1 aliphatic carbocycles. The van der Waals surface area contributed by atoms with Crippen LogP contribution in [0.15, 0.2) is 22.8 Å². The number of carboxylic acid groups (broad SMARTS) is 1. The summed E-state index contributed by atoms with van der Waals surface area (Å²) in [6.45, 7) is -0.876. The fourth-order valence-electron chi connectivity index (χ4n) is 3.15. The molecule has 2 rings (SSSR count). The zero-order valence-corrected chi connectivity index (χ0v) is 15.0. The van der Waals surface area contributed by atoms with Gasteiger partial charge in [-0.15, -0.1) is 0 Å². The predicted molar refractivity (Wildman–Crippen MR) is 94.8 cm³/mol. The lowest BCUT2D eigenvalue weighted by molar-refractivity contribution is -0.137. The Labute approximate surface area is 156 Å². The number of rotatable bonds is 9. The van der Waals surface area contributed by atoms with E-state index in [-0.39, 0.29) is 12.3 Å². The van der Waals surface area contributed by atoms with E-state index in [0.29, 0.717) is 12.3 Å². The van der Waals surface area contributed by atoms with Gasteiger partial charge in [-0.1, -0.05) is 32.1 Å². The Morgan fingerprint density at radius 3 is 2.48 bits per heavy atom. The van der Waals surface area contributed by atoms with Gasteiger partial charge in [0.15, 0.2) is 5.76 Å². The minimum Gasteiger partial charge on any atom is -0.480 e. The highest BCUT2D eigenvalue weighted by molar-refractivity contribution is 5.96. The molecular formula is C18H25N3O6. The third-order valence-electron chi connectivity index (χ3n) is 4.52. The Bertz CT molecular complexity index is 652. The molecule has 0 saturated heterocycles. The molecule has 1 aliphatic rings. The zero-order valence-electron chi connectivity index (χ0n) is 15.0. The van der Waals surface area contributed by atoms with Crippen LogP contribution in [0.4, 0.5) is 0 Å². The Hall–Kier alpha value is -2.84. The van der Waals surface area contributed by atoms with Gasteiger partial charge in [-0.25, -0.2) is 0 Å². The minimum atomic E-state index is -1.17. The first-order chi connectivity index (χ1) is 13.0. The molecule has 1 heterocycles. The quantitative estimate of drug-likeness (QED) is 0.497. The molecule has 0 radical (unpaired) electrons. The van der Waals surface area contributed by atoms with Crippen LogP contribution in [0.3, 0.4) is 0 Å². The van der Waals surface area contributed by atoms with Crippen molar-refractivity contribution >= 4 is 23.7 Å². The van der Waals surface area contributed by atoms with E-state index >= 15 is 0 Å². The molecule has 1 aromatic heterocycles. The Balaban J connectivity index is 1.92. The minimum absolute atomic E-state index is 0.107. The van der Waals surface area contributed by atoms with Gasteiger partial charge in [0.1, 0.15) is 12.6 Å². The average molecular weight is 379 g/mol. The maximum atomic E-state index is 12.5. The molecule has 1 saturated carbocycles. The molecule has 0 aliphatic heterocycles. The van der Waals surface area contributed by atoms with Crippen molar-refractivity contribution in [3.63, 3.8) is 0 Å². The lowest BCUT2D eigenvalue weighted by atomic mass is 9.84. The topological polar surface area (TPSA) is 138 Å². The first-order valence-corrected chi connectivity index (χ1v) is 9.06. The molecule has 1 fully saturated rings. The molecule has 4 N–H and O–H groups in total. The second-order valence-electron chi connectivity index (χ2n) is 6.63. The van der Waals surface area contributed by atoms with Crippen molar-refractivity contribution in [2.45, 2.75) is 44.6 Å². The van der Waals surface area contributed by atoms with Gasteiger partial charge in [-0.3, -0.25) is 19.2 Å². The van der Waals surface area contributed by atoms with Gasteiger partial charge < -0.3 is 25.5 Å². The second-order valence-corrected chi connectivity index (χ2v) is 6.63. The van der Waals surface area contributed by atoms with Crippen LogP contribution < -0.4 is 16.0 Å². The third-order valence-corrected chi connectivity index (χ3v) is 4.52. The first kappa shape index (κ1) is 20.5. The van der Waals surface area contributed by atoms with Gasteiger partial charge in [0.25, 0.3) is 5.91 Å². The maximum Gasteiger partial charge on any atom is 0.322 e. The largest absolute Gasteiger partial charge is 0.480 e. The Kier molecular flexibility index (Phi) is 7.84. The SMILES string of the molecule is O=C(O)CNC(=O)CNC(=O)[C@H](CC1CCCCC1)NC(=O)c1ccco1. The van der Waals surface area contributed by atoms with Crippen LogP contribution in [0.5, 0.6) is 0 Å². The van der Waals surface area contributed by atoms with Crippen LogP contribution in [-0.2, 0) is 14.4 Å². The van der Waals surface area contributed by atoms with Gasteiger partial charge in [0, 0.05) is 0 Å². The van der Waals surface area contributed by atoms with Crippen molar-refractivity contribution in [2.24, 2.45) is 5.92 Å². The van der Waals surface area contributed by atoms with E-state index in [9.17, 15) is 19.2 Å². The molecular weight excluding hydrogens is 354 g/mol. The summed E-state index contributed by atoms with van der Waals surface area (Å²) in [5, 5.41) is 15.8. The van der Waals surface area contributed by atoms with Crippen LogP contribution in [0.2, 0.25) is 0 Å². The molecule has 3 amide bonds. The van der Waals surface area contributed by atoms with Gasteiger partial charge in [0.2, 0.25) is 11.8 Å². The maximum absolute atomic E-state index is 12.5. The summed E-state index contributed by atoms with van der Waals surface area (Å²) in [7, 11) is 0. The van der Waals surface area contributed by atoms with Crippen molar-refractivity contribution in [3.05, 3.63) is 24.2 Å². The lowest BCUT2D eigenvalue weighted by Gasteiger charge is -2.26. The van der Waals surface area contributed by atoms with E-state index in [1.165, 1.54) is 18.8 Å². The lowest BCUT2D eigenvalue weighted by Crippen LogP contribution is -2.50. The van der Waals surface area contributed by atoms with Crippen LogP contribution in [-0.4, -0.2) is 47.9 Å². The normalized spacial score (nSPS) is 15.6. The van der Waals surface area contributed by atoms with E-state index < -0.39 is 36.3 Å². The number of carboxylic acids is 1. The molecule has 9 heteroatoms. The third kappa shape index (κ3) is 7.12. The summed E-state index contributed by atoms with van der Waals surface area (Å²) in [5.74, 6) is -2.32. The number of hydrogen-bond acceptors (Lipinski definition) is 5. The summed E-state index contributed by atoms with van der Waals surface area (Å²) in [4.78, 5) is 46.8. The smallest absolute Gasteiger partial charge is 0.322 e. The summed E-state index contributed by atoms with van der Waals surface area (Å²) >= 11 is 0. The van der Waals surface area contributed by atoms with E-state index in [1.54, 1.807) is 6.07 Å². The molecule has 0 unspecified atom stereocenters. The predicted octanol–water partition coefficient (Wildman–Crippen LogP) is 0.665. The van der Waals surface area contributed by atoms with Gasteiger partial charge >= 0.3 is 5.97 Å². The molecule has 27 heavy (non-hydrogen) atoms. The fraction of sp³-hybridized carbons (Fsp3) is 0.556. The highest BCUT2D eigenvalue weighted by Crippen LogP contribution is 2.27. The molecule has 0 spiro atoms. The van der Waals surface area contributed by atoms with Crippen molar-refractivity contribution in [1.29, 1.82) is 0 Å². The van der Waals surface area contributed by atoms with Crippen molar-refractivity contribution in [1.82, 2.24) is 16.0 Å². The van der Waals surface area contributed by atoms with E-state index in [4.69, 9.17) is 9.52 Å². The molecule has 1 atom stereocenters. The Morgan fingerprint density at radius 1 is 1.11 bits per heavy atom. The molecule has 9 nitrogen and oxygen atoms in total. The number of carbonyl (C=O) groups is 4. The molecule has 0 aromatic carbocycles. The van der Waals surface area contributed by atoms with Gasteiger partial charge in [-0.05, 0) is 24.5 Å². The van der Waals surface area contributed by atoms with E-state index in [2.05, 4.69) is 16.0 Å². The number of carbonyl (C=O) groups excluding carboxylic acids is 3. The van der Waals surface area contributed by atoms with Crippen molar-refractivity contribution < 1.29 is 28.7 Å². The fourth-order valence-corrected chi connectivity index (χ4v) is 3.15. The average Bonchev–Trinajstić information content (AvgIpc) is 3.19. The summed E-state index contributed by atoms with van der Waals surface area (Å²) in [5.41, 5.74) is 0. The Morgan fingerprint density at radius 2 is 1.85 bits per heavy atom. The zero-order chi connectivity index (χ0) is 19.6. The summed E-state index contributed by atoms with van der Waals surface area (Å²) in [6, 6.07) is 2.29. The molecule has 148 valence electrons. The number of hydrogen-bond donors (Lipinski definition) is 4. The van der Waals surface area contributed by atoms with Gasteiger partial charge in [0.05, 0.1) is 12.8 Å². The monoisotopic (exact) mass is 379 g/mol. The molecule has 1 aromatic rings. The highest BCUT2D eigenvalue weighted by atomic mass is 16.4. The van der Waals surface area contributed by atoms with Crippen LogP contribution >= 0.6 is 0 Å². The summed E-state index contributed by atoms with van der Waals surface area (Å²) in [6.07, 6.45) is 7.23. The number of aliphatic carboxylic acids is 1. The number of nitrogens with one attached hydrogen (secondary N) is 3. The standard InChI is InChI=1S/C18H25N3O6/c22-15(19-11-16(23)24)10-20-17(25)13(9-12-5-2-1-3-6-12)21-18(26)14-7-4-8-27-14/h4,7-8,12-13H,1-3,5-6,9-11H2,(H,19,22)(H,20,25)(H,21,26)(H,23,24)/t13-/m0/s1. The first-order valence-electron chi connectivity index (χ1n) is 9.06. The van der Waals surface area contributed by atoms with E-state index in [0.717, 1.165) is 25.7 Å². The highest BCUT2D eigenvalue weighted by Gasteiger charge is 2.27. The van der Waals surface area contributed by atoms with Crippen LogP contribution in [0.25, 0.3) is 0 Å². The van der Waals surface area contributed by atoms with E-state index in [1.807, 2.05) is 0 Å². The van der Waals surface area contributed by atoms with Crippen molar-refractivity contribution in [2.75, 3.05) is 13.1 Å². The summed E-state index contributed by atoms with van der Waals surface area (Å²) < 4.78 is 5.05. The molecule has 0 bridgehead atoms.